The van der Waals surface area contributed by atoms with Crippen LogP contribution in [0.5, 0.6) is 0 Å². The van der Waals surface area contributed by atoms with E-state index in [2.05, 4.69) is 50.3 Å². The second-order valence-corrected chi connectivity index (χ2v) is 5.17. The van der Waals surface area contributed by atoms with Crippen molar-refractivity contribution in [2.24, 2.45) is 0 Å². The quantitative estimate of drug-likeness (QED) is 0.686. The van der Waals surface area contributed by atoms with Crippen LogP contribution >= 0.6 is 27.7 Å². The van der Waals surface area contributed by atoms with Gasteiger partial charge in [-0.3, -0.25) is 0 Å². The van der Waals surface area contributed by atoms with E-state index >= 15 is 0 Å². The number of rotatable bonds is 3. The summed E-state index contributed by atoms with van der Waals surface area (Å²) in [5, 5.41) is 4.02. The highest BCUT2D eigenvalue weighted by Crippen LogP contribution is 2.25. The molecule has 1 N–H and O–H groups in total. The number of nitrogens with one attached hydrogen (secondary N) is 1. The van der Waals surface area contributed by atoms with Crippen LogP contribution in [0.25, 0.3) is 0 Å². The minimum Gasteiger partial charge on any atom is -0.339 e. The van der Waals surface area contributed by atoms with Crippen LogP contribution in [0.1, 0.15) is 5.56 Å². The maximum Gasteiger partial charge on any atom is 0.189 e. The van der Waals surface area contributed by atoms with Crippen molar-refractivity contribution in [2.75, 3.05) is 11.6 Å². The summed E-state index contributed by atoms with van der Waals surface area (Å²) in [6, 6.07) is 8.19. The van der Waals surface area contributed by atoms with Gasteiger partial charge in [0.05, 0.1) is 4.47 Å². The van der Waals surface area contributed by atoms with Crippen LogP contribution in [0.2, 0.25) is 0 Å². The van der Waals surface area contributed by atoms with Gasteiger partial charge in [-0.25, -0.2) is 9.97 Å². The first-order valence-electron chi connectivity index (χ1n) is 5.09. The fraction of sp³-hybridized carbons (Fsp3) is 0.167. The number of hydrogen-bond donors (Lipinski definition) is 1. The molecular formula is C12H12BrN3S. The number of nitrogens with zero attached hydrogens (tertiary/aromatic N) is 2. The van der Waals surface area contributed by atoms with Gasteiger partial charge in [-0.2, -0.15) is 0 Å². The number of hydrogen-bond acceptors (Lipinski definition) is 4. The van der Waals surface area contributed by atoms with Crippen molar-refractivity contribution < 1.29 is 0 Å². The van der Waals surface area contributed by atoms with Crippen LogP contribution in [0.15, 0.2) is 40.1 Å². The van der Waals surface area contributed by atoms with Gasteiger partial charge in [0.1, 0.15) is 5.82 Å². The van der Waals surface area contributed by atoms with E-state index in [0.717, 1.165) is 21.1 Å². The lowest BCUT2D eigenvalue weighted by Crippen LogP contribution is -1.97. The first-order chi connectivity index (χ1) is 8.19. The molecule has 5 heteroatoms. The predicted molar refractivity (Wildman–Crippen MR) is 76.0 cm³/mol. The normalized spacial score (nSPS) is 10.3. The third-order valence-electron chi connectivity index (χ3n) is 2.22. The second-order valence-electron chi connectivity index (χ2n) is 3.54. The molecular weight excluding hydrogens is 298 g/mol. The number of benzene rings is 1. The molecule has 0 aliphatic carbocycles. The van der Waals surface area contributed by atoms with E-state index < -0.39 is 0 Å². The summed E-state index contributed by atoms with van der Waals surface area (Å²) >= 11 is 4.96. The molecule has 17 heavy (non-hydrogen) atoms. The van der Waals surface area contributed by atoms with Crippen LogP contribution in [0, 0.1) is 6.92 Å². The average Bonchev–Trinajstić information content (AvgIpc) is 2.35. The molecule has 0 spiro atoms. The van der Waals surface area contributed by atoms with Crippen LogP contribution in [-0.2, 0) is 0 Å². The van der Waals surface area contributed by atoms with E-state index in [1.54, 1.807) is 6.20 Å². The van der Waals surface area contributed by atoms with Crippen molar-refractivity contribution in [3.63, 3.8) is 0 Å². The fourth-order valence-corrected chi connectivity index (χ4v) is 1.94. The predicted octanol–water partition coefficient (Wildman–Crippen LogP) is 4.01. The maximum atomic E-state index is 4.40. The van der Waals surface area contributed by atoms with E-state index in [4.69, 9.17) is 0 Å². The Balaban J connectivity index is 2.25. The van der Waals surface area contributed by atoms with E-state index in [0.29, 0.717) is 0 Å². The zero-order chi connectivity index (χ0) is 12.3. The first kappa shape index (κ1) is 12.4. The lowest BCUT2D eigenvalue weighted by atomic mass is 10.2. The van der Waals surface area contributed by atoms with Crippen molar-refractivity contribution in [1.29, 1.82) is 0 Å². The SMILES string of the molecule is CSc1ncc(Br)c(Nc2ccc(C)cc2)n1. The molecule has 0 fully saturated rings. The average molecular weight is 310 g/mol. The van der Waals surface area contributed by atoms with Crippen LogP contribution in [0.3, 0.4) is 0 Å². The van der Waals surface area contributed by atoms with Crippen LogP contribution in [0.4, 0.5) is 11.5 Å². The number of aryl methyl sites for hydroxylation is 1. The third kappa shape index (κ3) is 3.20. The smallest absolute Gasteiger partial charge is 0.189 e. The number of thioether (sulfide) groups is 1. The summed E-state index contributed by atoms with van der Waals surface area (Å²) in [7, 11) is 0. The first-order valence-corrected chi connectivity index (χ1v) is 7.11. The minimum atomic E-state index is 0.753. The van der Waals surface area contributed by atoms with Gasteiger partial charge in [-0.1, -0.05) is 29.5 Å². The van der Waals surface area contributed by atoms with Gasteiger partial charge in [0.2, 0.25) is 0 Å². The lowest BCUT2D eigenvalue weighted by Gasteiger charge is -2.08. The Morgan fingerprint density at radius 3 is 2.59 bits per heavy atom. The molecule has 2 aromatic rings. The number of anilines is 2. The zero-order valence-electron chi connectivity index (χ0n) is 9.57. The highest BCUT2D eigenvalue weighted by Gasteiger charge is 2.04. The van der Waals surface area contributed by atoms with Crippen molar-refractivity contribution in [2.45, 2.75) is 12.1 Å². The molecule has 0 aliphatic rings. The van der Waals surface area contributed by atoms with E-state index in [9.17, 15) is 0 Å². The van der Waals surface area contributed by atoms with Gasteiger partial charge in [0.15, 0.2) is 5.16 Å². The molecule has 0 atom stereocenters. The molecule has 88 valence electrons. The van der Waals surface area contributed by atoms with Crippen molar-refractivity contribution in [3.05, 3.63) is 40.5 Å². The van der Waals surface area contributed by atoms with E-state index in [1.165, 1.54) is 17.3 Å². The van der Waals surface area contributed by atoms with E-state index in [1.807, 2.05) is 18.4 Å². The van der Waals surface area contributed by atoms with Crippen LogP contribution in [-0.4, -0.2) is 16.2 Å². The van der Waals surface area contributed by atoms with Crippen molar-refractivity contribution in [1.82, 2.24) is 9.97 Å². The molecule has 0 saturated carbocycles. The summed E-state index contributed by atoms with van der Waals surface area (Å²) in [5.41, 5.74) is 2.25. The highest BCUT2D eigenvalue weighted by molar-refractivity contribution is 9.10. The number of aromatic nitrogens is 2. The van der Waals surface area contributed by atoms with Gasteiger partial charge in [-0.05, 0) is 41.2 Å². The van der Waals surface area contributed by atoms with Gasteiger partial charge < -0.3 is 5.32 Å². The molecule has 0 bridgehead atoms. The molecule has 0 radical (unpaired) electrons. The highest BCUT2D eigenvalue weighted by atomic mass is 79.9. The largest absolute Gasteiger partial charge is 0.339 e. The molecule has 0 amide bonds. The molecule has 1 aromatic carbocycles. The van der Waals surface area contributed by atoms with Crippen molar-refractivity contribution >= 4 is 39.2 Å². The molecule has 0 aliphatic heterocycles. The summed E-state index contributed by atoms with van der Waals surface area (Å²) in [5.74, 6) is 0.785. The Bertz CT molecular complexity index is 514. The number of halogens is 1. The summed E-state index contributed by atoms with van der Waals surface area (Å²) < 4.78 is 0.857. The standard InChI is InChI=1S/C12H12BrN3S/c1-8-3-5-9(6-4-8)15-11-10(13)7-14-12(16-11)17-2/h3-7H,1-2H3,(H,14,15,16). The van der Waals surface area contributed by atoms with Gasteiger partial charge in [0.25, 0.3) is 0 Å². The second kappa shape index (κ2) is 5.51. The third-order valence-corrected chi connectivity index (χ3v) is 3.36. The molecule has 2 rings (SSSR count). The Hall–Kier alpha value is -1.07. The van der Waals surface area contributed by atoms with Gasteiger partial charge >= 0.3 is 0 Å². The van der Waals surface area contributed by atoms with Crippen LogP contribution < -0.4 is 5.32 Å². The molecule has 0 saturated heterocycles. The lowest BCUT2D eigenvalue weighted by molar-refractivity contribution is 0.967. The molecule has 0 unspecified atom stereocenters. The van der Waals surface area contributed by atoms with Gasteiger partial charge in [-0.15, -0.1) is 0 Å². The van der Waals surface area contributed by atoms with E-state index in [-0.39, 0.29) is 0 Å². The Labute approximate surface area is 113 Å². The summed E-state index contributed by atoms with van der Waals surface area (Å²) in [6.45, 7) is 2.07. The minimum absolute atomic E-state index is 0.753. The summed E-state index contributed by atoms with van der Waals surface area (Å²) in [6.07, 6.45) is 3.72. The van der Waals surface area contributed by atoms with Gasteiger partial charge in [0, 0.05) is 11.9 Å². The fourth-order valence-electron chi connectivity index (χ4n) is 1.31. The zero-order valence-corrected chi connectivity index (χ0v) is 12.0. The Morgan fingerprint density at radius 2 is 1.94 bits per heavy atom. The summed E-state index contributed by atoms with van der Waals surface area (Å²) in [4.78, 5) is 8.58. The Morgan fingerprint density at radius 1 is 1.24 bits per heavy atom. The Kier molecular flexibility index (Phi) is 4.02. The maximum absolute atomic E-state index is 4.40. The topological polar surface area (TPSA) is 37.8 Å². The molecule has 1 aromatic heterocycles. The molecule has 3 nitrogen and oxygen atoms in total. The monoisotopic (exact) mass is 309 g/mol. The molecule has 1 heterocycles. The van der Waals surface area contributed by atoms with Crippen molar-refractivity contribution in [3.8, 4) is 0 Å².